The molecule has 0 aliphatic carbocycles. The number of aryl methyl sites for hydroxylation is 2. The van der Waals surface area contributed by atoms with Gasteiger partial charge in [0.25, 0.3) is 0 Å². The number of anilines is 1. The van der Waals surface area contributed by atoms with Gasteiger partial charge in [0.15, 0.2) is 5.58 Å². The van der Waals surface area contributed by atoms with Gasteiger partial charge in [-0.3, -0.25) is 4.79 Å². The van der Waals surface area contributed by atoms with E-state index in [-0.39, 0.29) is 11.8 Å². The van der Waals surface area contributed by atoms with Crippen LogP contribution in [0.3, 0.4) is 0 Å². The second-order valence-electron chi connectivity index (χ2n) is 7.28. The molecule has 27 heavy (non-hydrogen) atoms. The van der Waals surface area contributed by atoms with E-state index in [1.807, 2.05) is 50.2 Å². The molecule has 1 aromatic heterocycles. The largest absolute Gasteiger partial charge is 0.436 e. The van der Waals surface area contributed by atoms with Gasteiger partial charge in [-0.05, 0) is 62.1 Å². The highest BCUT2D eigenvalue weighted by atomic mass is 16.3. The van der Waals surface area contributed by atoms with Crippen molar-refractivity contribution in [1.82, 2.24) is 4.98 Å². The van der Waals surface area contributed by atoms with Gasteiger partial charge >= 0.3 is 0 Å². The predicted molar refractivity (Wildman–Crippen MR) is 111 cm³/mol. The molecule has 1 N–H and O–H groups in total. The molecule has 1 amide bonds. The van der Waals surface area contributed by atoms with Crippen molar-refractivity contribution < 1.29 is 9.21 Å². The van der Waals surface area contributed by atoms with Crippen molar-refractivity contribution in [2.45, 2.75) is 53.4 Å². The summed E-state index contributed by atoms with van der Waals surface area (Å²) >= 11 is 0. The van der Waals surface area contributed by atoms with Gasteiger partial charge in [0.05, 0.1) is 0 Å². The Morgan fingerprint density at radius 2 is 1.81 bits per heavy atom. The molecule has 2 aromatic carbocycles. The Morgan fingerprint density at radius 3 is 2.52 bits per heavy atom. The number of carbonyl (C=O) groups excluding carboxylic acids is 1. The molecule has 3 rings (SSSR count). The molecular weight excluding hydrogens is 336 g/mol. The summed E-state index contributed by atoms with van der Waals surface area (Å²) in [6, 6.07) is 11.9. The number of hydrogen-bond donors (Lipinski definition) is 1. The van der Waals surface area contributed by atoms with Crippen molar-refractivity contribution >= 4 is 22.7 Å². The van der Waals surface area contributed by atoms with Crippen LogP contribution in [0.25, 0.3) is 22.6 Å². The number of hydrogen-bond acceptors (Lipinski definition) is 3. The van der Waals surface area contributed by atoms with Crippen LogP contribution in [-0.4, -0.2) is 10.9 Å². The van der Waals surface area contributed by atoms with E-state index in [1.54, 1.807) is 0 Å². The smallest absolute Gasteiger partial charge is 0.227 e. The number of nitrogens with one attached hydrogen (secondary N) is 1. The molecule has 0 fully saturated rings. The summed E-state index contributed by atoms with van der Waals surface area (Å²) in [4.78, 5) is 17.3. The van der Waals surface area contributed by atoms with Crippen LogP contribution >= 0.6 is 0 Å². The second-order valence-corrected chi connectivity index (χ2v) is 7.28. The molecular formula is C23H28N2O2. The third kappa shape index (κ3) is 4.38. The third-order valence-corrected chi connectivity index (χ3v) is 4.93. The van der Waals surface area contributed by atoms with Gasteiger partial charge in [-0.15, -0.1) is 0 Å². The van der Waals surface area contributed by atoms with Gasteiger partial charge in [-0.1, -0.05) is 38.8 Å². The topological polar surface area (TPSA) is 55.1 Å². The lowest BCUT2D eigenvalue weighted by atomic mass is 9.97. The number of carbonyl (C=O) groups is 1. The molecule has 142 valence electrons. The van der Waals surface area contributed by atoms with Gasteiger partial charge in [-0.2, -0.15) is 0 Å². The van der Waals surface area contributed by atoms with Crippen molar-refractivity contribution in [3.8, 4) is 11.5 Å². The Kier molecular flexibility index (Phi) is 5.94. The van der Waals surface area contributed by atoms with E-state index >= 15 is 0 Å². The lowest BCUT2D eigenvalue weighted by Crippen LogP contribution is -2.23. The zero-order valence-corrected chi connectivity index (χ0v) is 16.6. The molecule has 0 unspecified atom stereocenters. The Morgan fingerprint density at radius 1 is 1.07 bits per heavy atom. The fraction of sp³-hybridized carbons (Fsp3) is 0.391. The summed E-state index contributed by atoms with van der Waals surface area (Å²) in [7, 11) is 0. The van der Waals surface area contributed by atoms with Gasteiger partial charge in [0, 0.05) is 17.2 Å². The minimum atomic E-state index is 0.0651. The van der Waals surface area contributed by atoms with Crippen molar-refractivity contribution in [1.29, 1.82) is 0 Å². The van der Waals surface area contributed by atoms with E-state index in [1.165, 1.54) is 0 Å². The normalized spacial score (nSPS) is 11.3. The summed E-state index contributed by atoms with van der Waals surface area (Å²) in [5, 5.41) is 3.12. The average molecular weight is 364 g/mol. The average Bonchev–Trinajstić information content (AvgIpc) is 3.06. The maximum Gasteiger partial charge on any atom is 0.227 e. The molecule has 0 saturated carbocycles. The highest BCUT2D eigenvalue weighted by molar-refractivity contribution is 5.94. The van der Waals surface area contributed by atoms with E-state index in [0.29, 0.717) is 5.89 Å². The van der Waals surface area contributed by atoms with Crippen molar-refractivity contribution in [3.63, 3.8) is 0 Å². The molecule has 0 aliphatic rings. The molecule has 0 spiro atoms. The number of oxazole rings is 1. The number of rotatable bonds is 7. The number of benzene rings is 2. The minimum Gasteiger partial charge on any atom is -0.436 e. The van der Waals surface area contributed by atoms with Gasteiger partial charge in [-0.25, -0.2) is 4.98 Å². The number of amides is 1. The molecule has 3 aromatic rings. The second kappa shape index (κ2) is 8.38. The van der Waals surface area contributed by atoms with Crippen LogP contribution in [0, 0.1) is 19.8 Å². The lowest BCUT2D eigenvalue weighted by Gasteiger charge is -2.16. The zero-order valence-electron chi connectivity index (χ0n) is 16.6. The maximum atomic E-state index is 12.7. The first-order valence-corrected chi connectivity index (χ1v) is 9.81. The molecule has 4 heteroatoms. The van der Waals surface area contributed by atoms with Crippen LogP contribution in [0.5, 0.6) is 0 Å². The molecule has 1 heterocycles. The predicted octanol–water partition coefficient (Wildman–Crippen LogP) is 6.27. The number of nitrogens with zero attached hydrogens (tertiary/aromatic N) is 1. The monoisotopic (exact) mass is 364 g/mol. The van der Waals surface area contributed by atoms with Crippen LogP contribution in [0.4, 0.5) is 5.69 Å². The summed E-state index contributed by atoms with van der Waals surface area (Å²) < 4.78 is 5.91. The number of fused-ring (bicyclic) bond motifs is 1. The summed E-state index contributed by atoms with van der Waals surface area (Å²) in [6.45, 7) is 8.29. The fourth-order valence-corrected chi connectivity index (χ4v) is 3.39. The van der Waals surface area contributed by atoms with Crippen LogP contribution in [0.2, 0.25) is 0 Å². The summed E-state index contributed by atoms with van der Waals surface area (Å²) in [5.74, 6) is 0.743. The van der Waals surface area contributed by atoms with Crippen molar-refractivity contribution in [2.75, 3.05) is 5.32 Å². The Bertz CT molecular complexity index is 937. The van der Waals surface area contributed by atoms with Crippen LogP contribution in [0.15, 0.2) is 40.8 Å². The van der Waals surface area contributed by atoms with E-state index in [2.05, 4.69) is 24.1 Å². The minimum absolute atomic E-state index is 0.0651. The quantitative estimate of drug-likeness (QED) is 0.538. The van der Waals surface area contributed by atoms with E-state index < -0.39 is 0 Å². The third-order valence-electron chi connectivity index (χ3n) is 4.93. The van der Waals surface area contributed by atoms with Gasteiger partial charge < -0.3 is 9.73 Å². The summed E-state index contributed by atoms with van der Waals surface area (Å²) in [6.07, 6.45) is 3.87. The molecule has 0 radical (unpaired) electrons. The molecule has 4 nitrogen and oxygen atoms in total. The zero-order chi connectivity index (χ0) is 19.4. The molecule has 0 bridgehead atoms. The first-order valence-electron chi connectivity index (χ1n) is 9.81. The van der Waals surface area contributed by atoms with Crippen LogP contribution in [0.1, 0.15) is 50.7 Å². The first kappa shape index (κ1) is 19.2. The highest BCUT2D eigenvalue weighted by Gasteiger charge is 2.18. The van der Waals surface area contributed by atoms with Gasteiger partial charge in [0.2, 0.25) is 11.8 Å². The summed E-state index contributed by atoms with van der Waals surface area (Å²) in [5.41, 5.74) is 5.50. The molecule has 0 aliphatic heterocycles. The van der Waals surface area contributed by atoms with E-state index in [4.69, 9.17) is 4.42 Å². The fourth-order valence-electron chi connectivity index (χ4n) is 3.39. The maximum absolute atomic E-state index is 12.7. The van der Waals surface area contributed by atoms with Crippen LogP contribution in [-0.2, 0) is 4.79 Å². The highest BCUT2D eigenvalue weighted by Crippen LogP contribution is 2.29. The van der Waals surface area contributed by atoms with Crippen molar-refractivity contribution in [3.05, 3.63) is 47.5 Å². The van der Waals surface area contributed by atoms with Gasteiger partial charge in [0.1, 0.15) is 5.52 Å². The Labute approximate surface area is 161 Å². The van der Waals surface area contributed by atoms with Crippen molar-refractivity contribution in [2.24, 2.45) is 5.92 Å². The molecule has 0 saturated heterocycles. The molecule has 0 atom stereocenters. The Balaban J connectivity index is 1.88. The van der Waals surface area contributed by atoms with E-state index in [0.717, 1.165) is 59.2 Å². The lowest BCUT2D eigenvalue weighted by molar-refractivity contribution is -0.120. The standard InChI is InChI=1S/C23H28N2O2/c1-5-7-17(8-6-2)22(26)24-19-14-18(11-10-16(19)4)23-25-20-13-15(3)9-12-21(20)27-23/h9-14,17H,5-8H2,1-4H3,(H,24,26). The van der Waals surface area contributed by atoms with E-state index in [9.17, 15) is 4.79 Å². The first-order chi connectivity index (χ1) is 13.0. The number of aromatic nitrogens is 1. The van der Waals surface area contributed by atoms with Crippen LogP contribution < -0.4 is 5.32 Å². The Hall–Kier alpha value is -2.62. The SMILES string of the molecule is CCCC(CCC)C(=O)Nc1cc(-c2nc3cc(C)ccc3o2)ccc1C.